The van der Waals surface area contributed by atoms with Gasteiger partial charge in [-0.3, -0.25) is 4.79 Å². The zero-order chi connectivity index (χ0) is 16.7. The Morgan fingerprint density at radius 3 is 2.57 bits per heavy atom. The van der Waals surface area contributed by atoms with E-state index in [2.05, 4.69) is 24.3 Å². The molecule has 0 aliphatic rings. The average Bonchev–Trinajstić information content (AvgIpc) is 2.53. The molecule has 3 nitrogen and oxygen atoms in total. The fourth-order valence-electron chi connectivity index (χ4n) is 2.42. The van der Waals surface area contributed by atoms with E-state index in [1.165, 1.54) is 5.56 Å². The number of ether oxygens (including phenoxy) is 1. The van der Waals surface area contributed by atoms with Gasteiger partial charge in [-0.05, 0) is 48.6 Å². The molecule has 0 heterocycles. The van der Waals surface area contributed by atoms with Crippen molar-refractivity contribution < 1.29 is 9.53 Å². The molecule has 0 aromatic heterocycles. The van der Waals surface area contributed by atoms with Crippen LogP contribution in [0.2, 0.25) is 5.02 Å². The number of carbonyl (C=O) groups excluding carboxylic acids is 1. The first-order valence-corrected chi connectivity index (χ1v) is 8.22. The first-order valence-electron chi connectivity index (χ1n) is 7.84. The Morgan fingerprint density at radius 1 is 1.17 bits per heavy atom. The molecule has 2 aromatic carbocycles. The lowest BCUT2D eigenvalue weighted by molar-refractivity contribution is -0.143. The molecule has 1 atom stereocenters. The molecule has 2 rings (SSSR count). The smallest absolute Gasteiger partial charge is 0.307 e. The van der Waals surface area contributed by atoms with Gasteiger partial charge in [0.15, 0.2) is 0 Å². The number of esters is 1. The van der Waals surface area contributed by atoms with Crippen LogP contribution in [-0.4, -0.2) is 18.6 Å². The minimum atomic E-state index is -0.226. The number of hydrogen-bond acceptors (Lipinski definition) is 3. The van der Waals surface area contributed by atoms with Gasteiger partial charge in [0, 0.05) is 11.1 Å². The summed E-state index contributed by atoms with van der Waals surface area (Å²) in [7, 11) is 0. The minimum absolute atomic E-state index is 0.165. The van der Waals surface area contributed by atoms with Gasteiger partial charge in [0.1, 0.15) is 0 Å². The third kappa shape index (κ3) is 5.70. The van der Waals surface area contributed by atoms with E-state index in [1.807, 2.05) is 24.3 Å². The summed E-state index contributed by atoms with van der Waals surface area (Å²) in [6, 6.07) is 16.0. The molecule has 0 bridgehead atoms. The normalized spacial score (nSPS) is 12.0. The van der Waals surface area contributed by atoms with Gasteiger partial charge in [-0.15, -0.1) is 0 Å². The van der Waals surface area contributed by atoms with Crippen LogP contribution in [0.25, 0.3) is 11.1 Å². The van der Waals surface area contributed by atoms with E-state index in [0.717, 1.165) is 29.0 Å². The summed E-state index contributed by atoms with van der Waals surface area (Å²) in [4.78, 5) is 11.4. The van der Waals surface area contributed by atoms with Crippen LogP contribution < -0.4 is 5.73 Å². The molecular formula is C19H22ClNO2. The van der Waals surface area contributed by atoms with Gasteiger partial charge in [0.2, 0.25) is 0 Å². The zero-order valence-corrected chi connectivity index (χ0v) is 14.1. The lowest BCUT2D eigenvalue weighted by Crippen LogP contribution is -2.25. The van der Waals surface area contributed by atoms with Crippen LogP contribution in [0, 0.1) is 0 Å². The van der Waals surface area contributed by atoms with Crippen molar-refractivity contribution in [2.75, 3.05) is 6.61 Å². The number of carbonyl (C=O) groups is 1. The Balaban J connectivity index is 1.89. The van der Waals surface area contributed by atoms with Crippen molar-refractivity contribution in [2.24, 2.45) is 5.73 Å². The Morgan fingerprint density at radius 2 is 1.91 bits per heavy atom. The molecule has 2 N–H and O–H groups in total. The lowest BCUT2D eigenvalue weighted by Gasteiger charge is -2.11. The molecule has 0 spiro atoms. The quantitative estimate of drug-likeness (QED) is 0.773. The highest BCUT2D eigenvalue weighted by Gasteiger charge is 2.10. The maximum atomic E-state index is 11.4. The molecule has 0 fully saturated rings. The number of rotatable bonds is 7. The van der Waals surface area contributed by atoms with Crippen LogP contribution in [0.1, 0.15) is 25.3 Å². The molecule has 23 heavy (non-hydrogen) atoms. The third-order valence-electron chi connectivity index (χ3n) is 3.65. The van der Waals surface area contributed by atoms with Crippen LogP contribution in [0.3, 0.4) is 0 Å². The highest BCUT2D eigenvalue weighted by atomic mass is 35.5. The molecule has 0 aliphatic carbocycles. The Bertz CT molecular complexity index is 640. The number of halogens is 1. The second kappa shape index (κ2) is 8.70. The van der Waals surface area contributed by atoms with Crippen molar-refractivity contribution in [3.05, 3.63) is 59.1 Å². The van der Waals surface area contributed by atoms with E-state index in [9.17, 15) is 4.79 Å². The Hall–Kier alpha value is -1.84. The fourth-order valence-corrected chi connectivity index (χ4v) is 2.61. The highest BCUT2D eigenvalue weighted by Crippen LogP contribution is 2.23. The van der Waals surface area contributed by atoms with Gasteiger partial charge in [0.25, 0.3) is 0 Å². The topological polar surface area (TPSA) is 52.3 Å². The Labute approximate surface area is 142 Å². The molecule has 122 valence electrons. The molecule has 0 saturated carbocycles. The monoisotopic (exact) mass is 331 g/mol. The van der Waals surface area contributed by atoms with Crippen molar-refractivity contribution >= 4 is 17.6 Å². The van der Waals surface area contributed by atoms with Crippen molar-refractivity contribution in [3.63, 3.8) is 0 Å². The van der Waals surface area contributed by atoms with E-state index in [-0.39, 0.29) is 18.4 Å². The van der Waals surface area contributed by atoms with Gasteiger partial charge in [-0.2, -0.15) is 0 Å². The standard InChI is InChI=1S/C19H22ClNO2/c1-2-23-19(22)13-18(21)11-8-14-6-9-15(10-7-14)16-4-3-5-17(20)12-16/h3-7,9-10,12,18H,2,8,11,13,21H2,1H3/t18-/m1/s1. The summed E-state index contributed by atoms with van der Waals surface area (Å²) < 4.78 is 4.91. The second-order valence-corrected chi connectivity index (χ2v) is 5.95. The van der Waals surface area contributed by atoms with Crippen molar-refractivity contribution in [1.29, 1.82) is 0 Å². The van der Waals surface area contributed by atoms with E-state index in [0.29, 0.717) is 6.61 Å². The predicted molar refractivity (Wildman–Crippen MR) is 94.4 cm³/mol. The van der Waals surface area contributed by atoms with Crippen LogP contribution in [0.5, 0.6) is 0 Å². The molecule has 2 aromatic rings. The Kier molecular flexibility index (Phi) is 6.63. The summed E-state index contributed by atoms with van der Waals surface area (Å²) >= 11 is 6.02. The maximum absolute atomic E-state index is 11.4. The number of hydrogen-bond donors (Lipinski definition) is 1. The summed E-state index contributed by atoms with van der Waals surface area (Å²) in [5, 5.41) is 0.733. The molecule has 0 unspecified atom stereocenters. The zero-order valence-electron chi connectivity index (χ0n) is 13.3. The first-order chi connectivity index (χ1) is 11.1. The molecule has 0 amide bonds. The van der Waals surface area contributed by atoms with Gasteiger partial charge in [0.05, 0.1) is 13.0 Å². The first kappa shape index (κ1) is 17.5. The summed E-state index contributed by atoms with van der Waals surface area (Å²) in [5.41, 5.74) is 9.41. The average molecular weight is 332 g/mol. The lowest BCUT2D eigenvalue weighted by atomic mass is 10.00. The largest absolute Gasteiger partial charge is 0.466 e. The van der Waals surface area contributed by atoms with E-state index >= 15 is 0 Å². The number of nitrogens with two attached hydrogens (primary N) is 1. The van der Waals surface area contributed by atoms with Crippen molar-refractivity contribution in [1.82, 2.24) is 0 Å². The number of benzene rings is 2. The molecule has 4 heteroatoms. The SMILES string of the molecule is CCOC(=O)C[C@H](N)CCc1ccc(-c2cccc(Cl)c2)cc1. The van der Waals surface area contributed by atoms with Crippen LogP contribution >= 0.6 is 11.6 Å². The molecular weight excluding hydrogens is 310 g/mol. The maximum Gasteiger partial charge on any atom is 0.307 e. The van der Waals surface area contributed by atoms with E-state index in [4.69, 9.17) is 22.1 Å². The van der Waals surface area contributed by atoms with Gasteiger partial charge in [-0.25, -0.2) is 0 Å². The summed E-state index contributed by atoms with van der Waals surface area (Å²) in [6.45, 7) is 2.20. The molecule has 0 radical (unpaired) electrons. The second-order valence-electron chi connectivity index (χ2n) is 5.52. The summed E-state index contributed by atoms with van der Waals surface area (Å²) in [6.07, 6.45) is 1.88. The van der Waals surface area contributed by atoms with Crippen molar-refractivity contribution in [3.8, 4) is 11.1 Å². The van der Waals surface area contributed by atoms with Crippen molar-refractivity contribution in [2.45, 2.75) is 32.2 Å². The van der Waals surface area contributed by atoms with Gasteiger partial charge in [-0.1, -0.05) is 48.0 Å². The van der Waals surface area contributed by atoms with Crippen LogP contribution in [0.15, 0.2) is 48.5 Å². The molecule has 0 saturated heterocycles. The minimum Gasteiger partial charge on any atom is -0.466 e. The van der Waals surface area contributed by atoms with Crippen LogP contribution in [0.4, 0.5) is 0 Å². The van der Waals surface area contributed by atoms with E-state index < -0.39 is 0 Å². The summed E-state index contributed by atoms with van der Waals surface area (Å²) in [5.74, 6) is -0.226. The van der Waals surface area contributed by atoms with Gasteiger partial charge >= 0.3 is 5.97 Å². The third-order valence-corrected chi connectivity index (χ3v) is 3.88. The highest BCUT2D eigenvalue weighted by molar-refractivity contribution is 6.30. The molecule has 0 aliphatic heterocycles. The van der Waals surface area contributed by atoms with Crippen LogP contribution in [-0.2, 0) is 16.0 Å². The fraction of sp³-hybridized carbons (Fsp3) is 0.316. The van der Waals surface area contributed by atoms with Gasteiger partial charge < -0.3 is 10.5 Å². The number of aryl methyl sites for hydroxylation is 1. The van der Waals surface area contributed by atoms with E-state index in [1.54, 1.807) is 6.92 Å². The predicted octanol–water partition coefficient (Wildman–Crippen LogP) is 4.22.